The average molecular weight is 406 g/mol. The van der Waals surface area contributed by atoms with Crippen LogP contribution in [-0.2, 0) is 4.79 Å². The summed E-state index contributed by atoms with van der Waals surface area (Å²) in [6.45, 7) is 1.24. The Morgan fingerprint density at radius 3 is 2.63 bits per heavy atom. The van der Waals surface area contributed by atoms with E-state index in [-0.39, 0.29) is 11.9 Å². The van der Waals surface area contributed by atoms with Gasteiger partial charge in [-0.3, -0.25) is 9.69 Å². The van der Waals surface area contributed by atoms with Gasteiger partial charge in [0, 0.05) is 29.8 Å². The Balaban J connectivity index is 1.40. The number of anilines is 1. The van der Waals surface area contributed by atoms with Crippen molar-refractivity contribution >= 4 is 11.6 Å². The van der Waals surface area contributed by atoms with Crippen LogP contribution in [0.2, 0.25) is 0 Å². The van der Waals surface area contributed by atoms with Gasteiger partial charge in [-0.15, -0.1) is 0 Å². The molecule has 1 aromatic heterocycles. The van der Waals surface area contributed by atoms with E-state index in [1.807, 2.05) is 47.2 Å². The highest BCUT2D eigenvalue weighted by atomic mass is 16.5. The van der Waals surface area contributed by atoms with Gasteiger partial charge in [-0.2, -0.15) is 0 Å². The Morgan fingerprint density at radius 1 is 1.13 bits per heavy atom. The second-order valence-corrected chi connectivity index (χ2v) is 7.31. The van der Waals surface area contributed by atoms with Gasteiger partial charge in [0.05, 0.1) is 27.1 Å². The largest absolute Gasteiger partial charge is 0.493 e. The summed E-state index contributed by atoms with van der Waals surface area (Å²) in [6.07, 6.45) is 7.44. The van der Waals surface area contributed by atoms with Crippen LogP contribution in [0.25, 0.3) is 5.69 Å². The molecule has 1 fully saturated rings. The fraction of sp³-hybridized carbons (Fsp3) is 0.304. The van der Waals surface area contributed by atoms with Crippen LogP contribution in [0, 0.1) is 0 Å². The quantitative estimate of drug-likeness (QED) is 0.648. The summed E-state index contributed by atoms with van der Waals surface area (Å²) in [5.74, 6) is 1.41. The summed E-state index contributed by atoms with van der Waals surface area (Å²) < 4.78 is 12.7. The highest BCUT2D eigenvalue weighted by molar-refractivity contribution is 5.92. The maximum absolute atomic E-state index is 12.7. The fourth-order valence-corrected chi connectivity index (χ4v) is 3.97. The molecule has 0 saturated carbocycles. The molecule has 2 aromatic carbocycles. The summed E-state index contributed by atoms with van der Waals surface area (Å²) in [5.41, 5.74) is 2.92. The van der Waals surface area contributed by atoms with Crippen LogP contribution in [0.4, 0.5) is 5.69 Å². The molecular formula is C23H26N4O3. The van der Waals surface area contributed by atoms with Crippen molar-refractivity contribution in [2.45, 2.75) is 18.9 Å². The van der Waals surface area contributed by atoms with Crippen molar-refractivity contribution in [3.8, 4) is 17.2 Å². The molecule has 1 aliphatic rings. The van der Waals surface area contributed by atoms with E-state index in [1.54, 1.807) is 26.7 Å². The molecule has 0 aliphatic carbocycles. The van der Waals surface area contributed by atoms with Gasteiger partial charge in [0.15, 0.2) is 11.5 Å². The van der Waals surface area contributed by atoms with E-state index in [0.29, 0.717) is 18.0 Å². The van der Waals surface area contributed by atoms with E-state index in [4.69, 9.17) is 9.47 Å². The van der Waals surface area contributed by atoms with Gasteiger partial charge in [0.1, 0.15) is 0 Å². The van der Waals surface area contributed by atoms with E-state index < -0.39 is 0 Å². The molecule has 1 unspecified atom stereocenters. The zero-order chi connectivity index (χ0) is 20.9. The van der Waals surface area contributed by atoms with Gasteiger partial charge >= 0.3 is 0 Å². The molecule has 7 heteroatoms. The fourth-order valence-electron chi connectivity index (χ4n) is 3.97. The van der Waals surface area contributed by atoms with Crippen molar-refractivity contribution in [2.24, 2.45) is 0 Å². The number of hydrogen-bond donors (Lipinski definition) is 1. The molecule has 1 saturated heterocycles. The van der Waals surface area contributed by atoms with Crippen LogP contribution in [0.1, 0.15) is 24.4 Å². The predicted octanol–water partition coefficient (Wildman–Crippen LogP) is 3.67. The van der Waals surface area contributed by atoms with E-state index in [1.165, 1.54) is 0 Å². The highest BCUT2D eigenvalue weighted by Crippen LogP contribution is 2.36. The van der Waals surface area contributed by atoms with Crippen molar-refractivity contribution in [1.82, 2.24) is 14.5 Å². The number of aromatic nitrogens is 2. The first-order chi connectivity index (χ1) is 14.7. The molecular weight excluding hydrogens is 380 g/mol. The molecule has 1 aliphatic heterocycles. The lowest BCUT2D eigenvalue weighted by molar-refractivity contribution is -0.117. The average Bonchev–Trinajstić information content (AvgIpc) is 3.46. The number of carbonyl (C=O) groups excluding carboxylic acids is 1. The number of amides is 1. The van der Waals surface area contributed by atoms with Crippen LogP contribution >= 0.6 is 0 Å². The number of nitrogens with zero attached hydrogens (tertiary/aromatic N) is 3. The molecule has 0 bridgehead atoms. The molecule has 2 heterocycles. The third kappa shape index (κ3) is 4.31. The lowest BCUT2D eigenvalue weighted by Crippen LogP contribution is -2.32. The molecule has 1 amide bonds. The molecule has 0 spiro atoms. The van der Waals surface area contributed by atoms with Crippen molar-refractivity contribution in [2.75, 3.05) is 32.6 Å². The van der Waals surface area contributed by atoms with Crippen molar-refractivity contribution in [3.63, 3.8) is 0 Å². The van der Waals surface area contributed by atoms with E-state index >= 15 is 0 Å². The molecule has 156 valence electrons. The minimum absolute atomic E-state index is 0.0160. The first-order valence-electron chi connectivity index (χ1n) is 10.0. The second kappa shape index (κ2) is 9.00. The van der Waals surface area contributed by atoms with Crippen LogP contribution < -0.4 is 14.8 Å². The number of carbonyl (C=O) groups is 1. The van der Waals surface area contributed by atoms with Crippen molar-refractivity contribution < 1.29 is 14.3 Å². The van der Waals surface area contributed by atoms with Crippen LogP contribution in [0.5, 0.6) is 11.5 Å². The Kier molecular flexibility index (Phi) is 5.99. The summed E-state index contributed by atoms with van der Waals surface area (Å²) in [7, 11) is 3.27. The normalized spacial score (nSPS) is 16.4. The zero-order valence-corrected chi connectivity index (χ0v) is 17.2. The number of nitrogens with one attached hydrogen (secondary N) is 1. The second-order valence-electron chi connectivity index (χ2n) is 7.31. The molecule has 3 aromatic rings. The van der Waals surface area contributed by atoms with Gasteiger partial charge in [-0.25, -0.2) is 4.98 Å². The number of rotatable bonds is 7. The number of benzene rings is 2. The van der Waals surface area contributed by atoms with Crippen LogP contribution in [-0.4, -0.2) is 47.7 Å². The number of likely N-dealkylation sites (tertiary alicyclic amines) is 1. The van der Waals surface area contributed by atoms with Gasteiger partial charge < -0.3 is 19.4 Å². The van der Waals surface area contributed by atoms with Crippen molar-refractivity contribution in [3.05, 3.63) is 66.7 Å². The Bertz CT molecular complexity index is 986. The van der Waals surface area contributed by atoms with Crippen LogP contribution in [0.3, 0.4) is 0 Å². The maximum atomic E-state index is 12.7. The standard InChI is InChI=1S/C23H26N4O3/c1-29-21-10-5-17(14-22(21)30-2)20-4-3-12-26(20)15-23(28)25-18-6-8-19(9-7-18)27-13-11-24-16-27/h5-11,13-14,16,20H,3-4,12,15H2,1-2H3,(H,25,28). The Hall–Kier alpha value is -3.32. The predicted molar refractivity (Wildman–Crippen MR) is 115 cm³/mol. The zero-order valence-electron chi connectivity index (χ0n) is 17.2. The summed E-state index contributed by atoms with van der Waals surface area (Å²) in [4.78, 5) is 18.9. The van der Waals surface area contributed by atoms with E-state index in [2.05, 4.69) is 21.3 Å². The van der Waals surface area contributed by atoms with Gasteiger partial charge in [-0.05, 0) is 61.3 Å². The lowest BCUT2D eigenvalue weighted by atomic mass is 10.0. The number of hydrogen-bond acceptors (Lipinski definition) is 5. The van der Waals surface area contributed by atoms with Crippen molar-refractivity contribution in [1.29, 1.82) is 0 Å². The smallest absolute Gasteiger partial charge is 0.238 e. The number of imidazole rings is 1. The Morgan fingerprint density at radius 2 is 1.93 bits per heavy atom. The molecule has 1 atom stereocenters. The molecule has 30 heavy (non-hydrogen) atoms. The van der Waals surface area contributed by atoms with Gasteiger partial charge in [0.25, 0.3) is 0 Å². The van der Waals surface area contributed by atoms with Crippen LogP contribution in [0.15, 0.2) is 61.2 Å². The molecule has 4 rings (SSSR count). The first-order valence-corrected chi connectivity index (χ1v) is 10.0. The summed E-state index contributed by atoms with van der Waals surface area (Å²) >= 11 is 0. The monoisotopic (exact) mass is 406 g/mol. The summed E-state index contributed by atoms with van der Waals surface area (Å²) in [5, 5.41) is 3.00. The minimum atomic E-state index is -0.0160. The van der Waals surface area contributed by atoms with E-state index in [9.17, 15) is 4.79 Å². The molecule has 0 radical (unpaired) electrons. The third-order valence-corrected chi connectivity index (χ3v) is 5.46. The lowest BCUT2D eigenvalue weighted by Gasteiger charge is -2.25. The highest BCUT2D eigenvalue weighted by Gasteiger charge is 2.28. The third-order valence-electron chi connectivity index (χ3n) is 5.46. The van der Waals surface area contributed by atoms with E-state index in [0.717, 1.165) is 36.3 Å². The Labute approximate surface area is 176 Å². The van der Waals surface area contributed by atoms with Gasteiger partial charge in [0.2, 0.25) is 5.91 Å². The van der Waals surface area contributed by atoms with Gasteiger partial charge in [-0.1, -0.05) is 6.07 Å². The summed E-state index contributed by atoms with van der Waals surface area (Å²) in [6, 6.07) is 13.9. The maximum Gasteiger partial charge on any atom is 0.238 e. The SMILES string of the molecule is COc1ccc(C2CCCN2CC(=O)Nc2ccc(-n3ccnc3)cc2)cc1OC. The topological polar surface area (TPSA) is 68.6 Å². The first kappa shape index (κ1) is 20.0. The minimum Gasteiger partial charge on any atom is -0.493 e. The molecule has 7 nitrogen and oxygen atoms in total. The number of ether oxygens (including phenoxy) is 2. The molecule has 1 N–H and O–H groups in total. The number of methoxy groups -OCH3 is 2.